The third-order valence-corrected chi connectivity index (χ3v) is 2.84. The van der Waals surface area contributed by atoms with E-state index in [9.17, 15) is 9.59 Å². The van der Waals surface area contributed by atoms with Crippen LogP contribution in [-0.2, 0) is 9.59 Å². The lowest BCUT2D eigenvalue weighted by molar-refractivity contribution is -0.121. The molecule has 2 rings (SSSR count). The monoisotopic (exact) mass is 154 g/mol. The average molecular weight is 154 g/mol. The van der Waals surface area contributed by atoms with Gasteiger partial charge in [0.15, 0.2) is 11.6 Å². The zero-order valence-electron chi connectivity index (χ0n) is 5.35. The summed E-state index contributed by atoms with van der Waals surface area (Å²) in [6, 6.07) is 0. The summed E-state index contributed by atoms with van der Waals surface area (Å²) in [7, 11) is 0. The summed E-state index contributed by atoms with van der Waals surface area (Å²) in [6.07, 6.45) is 0.144. The molecule has 0 saturated carbocycles. The van der Waals surface area contributed by atoms with Gasteiger partial charge >= 0.3 is 0 Å². The minimum atomic E-state index is 0.0602. The topological polar surface area (TPSA) is 34.1 Å². The molecule has 0 atom stereocenters. The van der Waals surface area contributed by atoms with Crippen molar-refractivity contribution >= 4 is 23.3 Å². The molecular formula is C7H6O2S. The number of carbonyl (C=O) groups excluding carboxylic acids is 2. The second-order valence-electron chi connectivity index (χ2n) is 2.47. The Kier molecular flexibility index (Phi) is 1.20. The Hall–Kier alpha value is -0.570. The second kappa shape index (κ2) is 1.95. The SMILES string of the molecule is O=C1CC(=O)C2=C1CSC2. The summed E-state index contributed by atoms with van der Waals surface area (Å²) in [5, 5.41) is 0. The Balaban J connectivity index is 2.45. The van der Waals surface area contributed by atoms with Gasteiger partial charge in [0.1, 0.15) is 0 Å². The molecule has 10 heavy (non-hydrogen) atoms. The molecule has 3 heteroatoms. The molecular weight excluding hydrogens is 148 g/mol. The van der Waals surface area contributed by atoms with E-state index in [2.05, 4.69) is 0 Å². The lowest BCUT2D eigenvalue weighted by Crippen LogP contribution is -2.00. The van der Waals surface area contributed by atoms with Crippen molar-refractivity contribution in [3.05, 3.63) is 11.1 Å². The van der Waals surface area contributed by atoms with Gasteiger partial charge in [0.2, 0.25) is 0 Å². The van der Waals surface area contributed by atoms with Gasteiger partial charge in [0, 0.05) is 22.7 Å². The van der Waals surface area contributed by atoms with Crippen LogP contribution in [0.25, 0.3) is 0 Å². The molecule has 0 aromatic rings. The van der Waals surface area contributed by atoms with Crippen LogP contribution in [0.1, 0.15) is 6.42 Å². The fraction of sp³-hybridized carbons (Fsp3) is 0.429. The van der Waals surface area contributed by atoms with Crippen LogP contribution in [0, 0.1) is 0 Å². The van der Waals surface area contributed by atoms with E-state index in [4.69, 9.17) is 0 Å². The molecule has 0 unspecified atom stereocenters. The van der Waals surface area contributed by atoms with E-state index >= 15 is 0 Å². The first-order chi connectivity index (χ1) is 4.79. The van der Waals surface area contributed by atoms with Crippen molar-refractivity contribution in [1.82, 2.24) is 0 Å². The van der Waals surface area contributed by atoms with Crippen molar-refractivity contribution in [3.8, 4) is 0 Å². The van der Waals surface area contributed by atoms with Crippen LogP contribution in [0.3, 0.4) is 0 Å². The van der Waals surface area contributed by atoms with Gasteiger partial charge in [-0.2, -0.15) is 11.8 Å². The van der Waals surface area contributed by atoms with Crippen LogP contribution in [0.4, 0.5) is 0 Å². The highest BCUT2D eigenvalue weighted by Gasteiger charge is 2.33. The molecule has 2 aliphatic rings. The van der Waals surface area contributed by atoms with Gasteiger partial charge < -0.3 is 0 Å². The van der Waals surface area contributed by atoms with Crippen molar-refractivity contribution in [3.63, 3.8) is 0 Å². The Morgan fingerprint density at radius 2 is 1.50 bits per heavy atom. The molecule has 0 bridgehead atoms. The summed E-state index contributed by atoms with van der Waals surface area (Å²) in [5.41, 5.74) is 1.60. The summed E-state index contributed by atoms with van der Waals surface area (Å²) in [4.78, 5) is 21.9. The number of hydrogen-bond donors (Lipinski definition) is 0. The maximum absolute atomic E-state index is 11.0. The molecule has 0 fully saturated rings. The van der Waals surface area contributed by atoms with Gasteiger partial charge in [-0.05, 0) is 0 Å². The van der Waals surface area contributed by atoms with E-state index in [0.717, 1.165) is 22.7 Å². The standard InChI is InChI=1S/C7H6O2S/c8-6-1-7(9)5-3-10-2-4(5)6/h1-3H2. The quantitative estimate of drug-likeness (QED) is 0.478. The molecule has 0 saturated heterocycles. The van der Waals surface area contributed by atoms with Crippen molar-refractivity contribution in [1.29, 1.82) is 0 Å². The largest absolute Gasteiger partial charge is 0.294 e. The van der Waals surface area contributed by atoms with Crippen LogP contribution in [0.2, 0.25) is 0 Å². The molecule has 0 N–H and O–H groups in total. The second-order valence-corrected chi connectivity index (χ2v) is 3.46. The van der Waals surface area contributed by atoms with Crippen LogP contribution in [0.5, 0.6) is 0 Å². The molecule has 1 heterocycles. The molecule has 2 nitrogen and oxygen atoms in total. The number of ketones is 2. The zero-order valence-corrected chi connectivity index (χ0v) is 6.16. The molecule has 0 aromatic carbocycles. The average Bonchev–Trinajstić information content (AvgIpc) is 2.39. The lowest BCUT2D eigenvalue weighted by atomic mass is 10.2. The molecule has 0 aromatic heterocycles. The Labute approximate surface area is 62.7 Å². The summed E-state index contributed by atoms with van der Waals surface area (Å²) in [6.45, 7) is 0. The molecule has 52 valence electrons. The smallest absolute Gasteiger partial charge is 0.167 e. The normalized spacial score (nSPS) is 24.4. The number of carbonyl (C=O) groups is 2. The predicted molar refractivity (Wildman–Crippen MR) is 39.0 cm³/mol. The van der Waals surface area contributed by atoms with E-state index in [1.807, 2.05) is 0 Å². The van der Waals surface area contributed by atoms with Crippen molar-refractivity contribution in [2.24, 2.45) is 0 Å². The highest BCUT2D eigenvalue weighted by molar-refractivity contribution is 8.00. The molecule has 0 spiro atoms. The van der Waals surface area contributed by atoms with E-state index in [0.29, 0.717) is 0 Å². The summed E-state index contributed by atoms with van der Waals surface area (Å²) < 4.78 is 0. The molecule has 1 aliphatic carbocycles. The fourth-order valence-corrected chi connectivity index (χ4v) is 2.47. The minimum Gasteiger partial charge on any atom is -0.294 e. The maximum atomic E-state index is 11.0. The number of hydrogen-bond acceptors (Lipinski definition) is 3. The van der Waals surface area contributed by atoms with Crippen LogP contribution in [-0.4, -0.2) is 23.1 Å². The highest BCUT2D eigenvalue weighted by atomic mass is 32.2. The maximum Gasteiger partial charge on any atom is 0.167 e. The van der Waals surface area contributed by atoms with E-state index < -0.39 is 0 Å². The van der Waals surface area contributed by atoms with Crippen molar-refractivity contribution in [2.75, 3.05) is 11.5 Å². The van der Waals surface area contributed by atoms with E-state index in [1.165, 1.54) is 0 Å². The third-order valence-electron chi connectivity index (χ3n) is 1.85. The van der Waals surface area contributed by atoms with Gasteiger partial charge in [0.25, 0.3) is 0 Å². The predicted octanol–water partition coefficient (Wildman–Crippen LogP) is 0.572. The number of thioether (sulfide) groups is 1. The highest BCUT2D eigenvalue weighted by Crippen LogP contribution is 2.32. The zero-order chi connectivity index (χ0) is 7.14. The van der Waals surface area contributed by atoms with Gasteiger partial charge in [-0.3, -0.25) is 9.59 Å². The van der Waals surface area contributed by atoms with Gasteiger partial charge in [0.05, 0.1) is 6.42 Å². The fourth-order valence-electron chi connectivity index (χ4n) is 1.29. The Bertz CT molecular complexity index is 228. The molecule has 0 radical (unpaired) electrons. The van der Waals surface area contributed by atoms with E-state index in [-0.39, 0.29) is 18.0 Å². The first kappa shape index (κ1) is 6.16. The van der Waals surface area contributed by atoms with E-state index in [1.54, 1.807) is 11.8 Å². The van der Waals surface area contributed by atoms with Crippen LogP contribution in [0.15, 0.2) is 11.1 Å². The molecule has 0 amide bonds. The number of Topliss-reactive ketones (excluding diaryl/α,β-unsaturated/α-hetero) is 2. The summed E-state index contributed by atoms with van der Waals surface area (Å²) >= 11 is 1.66. The van der Waals surface area contributed by atoms with Gasteiger partial charge in [-0.25, -0.2) is 0 Å². The van der Waals surface area contributed by atoms with Crippen molar-refractivity contribution in [2.45, 2.75) is 6.42 Å². The summed E-state index contributed by atoms with van der Waals surface area (Å²) in [5.74, 6) is 1.65. The van der Waals surface area contributed by atoms with Crippen LogP contribution >= 0.6 is 11.8 Å². The first-order valence-corrected chi connectivity index (χ1v) is 4.30. The lowest BCUT2D eigenvalue weighted by Gasteiger charge is -1.90. The number of rotatable bonds is 0. The van der Waals surface area contributed by atoms with Gasteiger partial charge in [-0.15, -0.1) is 0 Å². The Morgan fingerprint density at radius 3 is 2.00 bits per heavy atom. The molecule has 1 aliphatic heterocycles. The Morgan fingerprint density at radius 1 is 1.00 bits per heavy atom. The van der Waals surface area contributed by atoms with Crippen molar-refractivity contribution < 1.29 is 9.59 Å². The third kappa shape index (κ3) is 0.669. The first-order valence-electron chi connectivity index (χ1n) is 3.15. The minimum absolute atomic E-state index is 0.0602. The van der Waals surface area contributed by atoms with Gasteiger partial charge in [-0.1, -0.05) is 0 Å². The van der Waals surface area contributed by atoms with Crippen LogP contribution < -0.4 is 0 Å².